The summed E-state index contributed by atoms with van der Waals surface area (Å²) in [6.07, 6.45) is 10.5. The molecule has 0 amide bonds. The molecule has 0 atom stereocenters. The Morgan fingerprint density at radius 2 is 0.677 bits per heavy atom. The molecule has 0 aliphatic heterocycles. The zero-order valence-electron chi connectivity index (χ0n) is 17.1. The molecular weight excluding hydrogens is 380 g/mol. The predicted molar refractivity (Wildman–Crippen MR) is 129 cm³/mol. The largest absolute Gasteiger partial charge is 0.355 e. The monoisotopic (exact) mass is 404 g/mol. The standard InChI is InChI=1S/C12H9N.3C5H5N/c1-3-7-11-9(5-1)10-6-2-4-8-12(10)13-11;3*1-2-4-6-5-3-1/h1-8,13H;3*1-5H. The summed E-state index contributed by atoms with van der Waals surface area (Å²) in [5, 5.41) is 2.61. The van der Waals surface area contributed by atoms with Gasteiger partial charge in [0.05, 0.1) is 0 Å². The van der Waals surface area contributed by atoms with E-state index in [1.807, 2.05) is 54.6 Å². The highest BCUT2D eigenvalue weighted by molar-refractivity contribution is 6.06. The van der Waals surface area contributed by atoms with Gasteiger partial charge in [-0.1, -0.05) is 54.6 Å². The summed E-state index contributed by atoms with van der Waals surface area (Å²) in [6.45, 7) is 0. The van der Waals surface area contributed by atoms with E-state index in [0.29, 0.717) is 0 Å². The highest BCUT2D eigenvalue weighted by Crippen LogP contribution is 2.24. The fourth-order valence-electron chi connectivity index (χ4n) is 2.74. The number of nitrogens with one attached hydrogen (secondary N) is 1. The fraction of sp³-hybridized carbons (Fsp3) is 0. The topological polar surface area (TPSA) is 54.5 Å². The summed E-state index contributed by atoms with van der Waals surface area (Å²) in [5.74, 6) is 0. The van der Waals surface area contributed by atoms with Gasteiger partial charge < -0.3 is 4.98 Å². The molecule has 31 heavy (non-hydrogen) atoms. The molecular formula is C27H24N4. The molecule has 2 aromatic carbocycles. The number of rotatable bonds is 0. The Morgan fingerprint density at radius 1 is 0.355 bits per heavy atom. The first-order valence-electron chi connectivity index (χ1n) is 9.95. The van der Waals surface area contributed by atoms with Crippen LogP contribution in [0.2, 0.25) is 0 Å². The minimum atomic E-state index is 1.21. The Morgan fingerprint density at radius 3 is 0.935 bits per heavy atom. The molecule has 0 bridgehead atoms. The van der Waals surface area contributed by atoms with Crippen LogP contribution in [-0.2, 0) is 0 Å². The number of aromatic nitrogens is 4. The van der Waals surface area contributed by atoms with Gasteiger partial charge >= 0.3 is 0 Å². The third kappa shape index (κ3) is 7.55. The van der Waals surface area contributed by atoms with Gasteiger partial charge in [-0.3, -0.25) is 15.0 Å². The molecule has 0 spiro atoms. The van der Waals surface area contributed by atoms with Crippen LogP contribution in [0.4, 0.5) is 0 Å². The number of para-hydroxylation sites is 2. The van der Waals surface area contributed by atoms with Crippen molar-refractivity contribution < 1.29 is 0 Å². The van der Waals surface area contributed by atoms with E-state index in [2.05, 4.69) is 68.5 Å². The van der Waals surface area contributed by atoms with Crippen LogP contribution in [0.3, 0.4) is 0 Å². The van der Waals surface area contributed by atoms with E-state index in [4.69, 9.17) is 0 Å². The summed E-state index contributed by atoms with van der Waals surface area (Å²) in [4.78, 5) is 14.7. The van der Waals surface area contributed by atoms with E-state index in [0.717, 1.165) is 0 Å². The molecule has 0 fully saturated rings. The Kier molecular flexibility index (Phi) is 8.98. The molecule has 4 heteroatoms. The second-order valence-corrected chi connectivity index (χ2v) is 6.29. The number of hydrogen-bond donors (Lipinski definition) is 1. The van der Waals surface area contributed by atoms with E-state index in [1.54, 1.807) is 37.2 Å². The maximum atomic E-state index is 3.78. The number of H-pyrrole nitrogens is 1. The summed E-state index contributed by atoms with van der Waals surface area (Å²) in [5.41, 5.74) is 2.42. The third-order valence-electron chi connectivity index (χ3n) is 4.11. The summed E-state index contributed by atoms with van der Waals surface area (Å²) in [7, 11) is 0. The highest BCUT2D eigenvalue weighted by Gasteiger charge is 2.00. The second-order valence-electron chi connectivity index (χ2n) is 6.29. The van der Waals surface area contributed by atoms with Crippen molar-refractivity contribution in [1.82, 2.24) is 19.9 Å². The van der Waals surface area contributed by atoms with Crippen LogP contribution in [0.15, 0.2) is 140 Å². The summed E-state index contributed by atoms with van der Waals surface area (Å²) in [6, 6.07) is 33.9. The van der Waals surface area contributed by atoms with Crippen LogP contribution in [-0.4, -0.2) is 19.9 Å². The van der Waals surface area contributed by atoms with E-state index in [-0.39, 0.29) is 0 Å². The molecule has 0 saturated heterocycles. The van der Waals surface area contributed by atoms with Crippen LogP contribution in [0, 0.1) is 0 Å². The van der Waals surface area contributed by atoms with Crippen molar-refractivity contribution >= 4 is 21.8 Å². The van der Waals surface area contributed by atoms with Crippen molar-refractivity contribution in [3.05, 3.63) is 140 Å². The molecule has 4 nitrogen and oxygen atoms in total. The minimum absolute atomic E-state index is 1.21. The van der Waals surface area contributed by atoms with Gasteiger partial charge in [-0.05, 0) is 48.5 Å². The van der Waals surface area contributed by atoms with Gasteiger partial charge in [0.25, 0.3) is 0 Å². The molecule has 0 aliphatic rings. The van der Waals surface area contributed by atoms with Gasteiger partial charge in [0.15, 0.2) is 0 Å². The third-order valence-corrected chi connectivity index (χ3v) is 4.11. The molecule has 0 unspecified atom stereocenters. The number of fused-ring (bicyclic) bond motifs is 3. The van der Waals surface area contributed by atoms with E-state index < -0.39 is 0 Å². The molecule has 0 radical (unpaired) electrons. The van der Waals surface area contributed by atoms with Gasteiger partial charge in [0.1, 0.15) is 0 Å². The van der Waals surface area contributed by atoms with E-state index >= 15 is 0 Å². The van der Waals surface area contributed by atoms with Crippen LogP contribution < -0.4 is 0 Å². The Labute approximate surface area is 182 Å². The van der Waals surface area contributed by atoms with Crippen LogP contribution in [0.25, 0.3) is 21.8 Å². The molecule has 152 valence electrons. The lowest BCUT2D eigenvalue weighted by Gasteiger charge is -1.87. The lowest BCUT2D eigenvalue weighted by Crippen LogP contribution is -1.62. The molecule has 0 aliphatic carbocycles. The molecule has 1 N–H and O–H groups in total. The summed E-state index contributed by atoms with van der Waals surface area (Å²) >= 11 is 0. The van der Waals surface area contributed by atoms with Gasteiger partial charge in [0, 0.05) is 59.0 Å². The first-order chi connectivity index (χ1) is 15.4. The quantitative estimate of drug-likeness (QED) is 0.312. The van der Waals surface area contributed by atoms with Crippen molar-refractivity contribution in [1.29, 1.82) is 0 Å². The van der Waals surface area contributed by atoms with Crippen LogP contribution >= 0.6 is 0 Å². The molecule has 4 aromatic heterocycles. The van der Waals surface area contributed by atoms with Gasteiger partial charge in [0.2, 0.25) is 0 Å². The zero-order chi connectivity index (χ0) is 21.4. The molecule has 6 aromatic rings. The van der Waals surface area contributed by atoms with Gasteiger partial charge in [-0.25, -0.2) is 0 Å². The molecule has 6 rings (SSSR count). The number of nitrogens with zero attached hydrogens (tertiary/aromatic N) is 3. The number of pyridine rings is 3. The SMILES string of the molecule is c1ccc2c(c1)[nH]c1ccccc12.c1ccncc1.c1ccncc1.c1ccncc1. The second kappa shape index (κ2) is 13.0. The number of hydrogen-bond acceptors (Lipinski definition) is 3. The molecule has 4 heterocycles. The van der Waals surface area contributed by atoms with Crippen molar-refractivity contribution in [2.45, 2.75) is 0 Å². The average Bonchev–Trinajstić information content (AvgIpc) is 3.27. The molecule has 0 saturated carbocycles. The highest BCUT2D eigenvalue weighted by atomic mass is 14.7. The van der Waals surface area contributed by atoms with Crippen molar-refractivity contribution in [2.24, 2.45) is 0 Å². The normalized spacial score (nSPS) is 9.29. The zero-order valence-corrected chi connectivity index (χ0v) is 17.1. The van der Waals surface area contributed by atoms with Crippen LogP contribution in [0.1, 0.15) is 0 Å². The Bertz CT molecular complexity index is 1020. The maximum absolute atomic E-state index is 3.78. The number of benzene rings is 2. The van der Waals surface area contributed by atoms with Crippen molar-refractivity contribution in [3.63, 3.8) is 0 Å². The Balaban J connectivity index is 0.000000128. The van der Waals surface area contributed by atoms with Gasteiger partial charge in [-0.15, -0.1) is 0 Å². The smallest absolute Gasteiger partial charge is 0.0464 e. The number of aromatic amines is 1. The lowest BCUT2D eigenvalue weighted by molar-refractivity contribution is 1.33. The average molecular weight is 405 g/mol. The summed E-state index contributed by atoms with van der Waals surface area (Å²) < 4.78 is 0. The van der Waals surface area contributed by atoms with E-state index in [1.165, 1.54) is 21.8 Å². The first kappa shape index (κ1) is 21.4. The van der Waals surface area contributed by atoms with Crippen molar-refractivity contribution in [3.8, 4) is 0 Å². The van der Waals surface area contributed by atoms with E-state index in [9.17, 15) is 0 Å². The van der Waals surface area contributed by atoms with Crippen molar-refractivity contribution in [2.75, 3.05) is 0 Å². The lowest BCUT2D eigenvalue weighted by atomic mass is 10.2. The van der Waals surface area contributed by atoms with Gasteiger partial charge in [-0.2, -0.15) is 0 Å². The Hall–Kier alpha value is -4.31. The maximum Gasteiger partial charge on any atom is 0.0464 e. The predicted octanol–water partition coefficient (Wildman–Crippen LogP) is 6.57. The first-order valence-corrected chi connectivity index (χ1v) is 9.95. The fourth-order valence-corrected chi connectivity index (χ4v) is 2.74. The minimum Gasteiger partial charge on any atom is -0.355 e. The van der Waals surface area contributed by atoms with Crippen LogP contribution in [0.5, 0.6) is 0 Å².